The molecule has 3 aromatic carbocycles. The van der Waals surface area contributed by atoms with Crippen molar-refractivity contribution in [1.29, 1.82) is 0 Å². The first kappa shape index (κ1) is 29.2. The second kappa shape index (κ2) is 13.6. The van der Waals surface area contributed by atoms with E-state index in [1.54, 1.807) is 30.3 Å². The molecular formula is C38H41F3. The van der Waals surface area contributed by atoms with Gasteiger partial charge in [0.15, 0.2) is 11.6 Å². The highest BCUT2D eigenvalue weighted by atomic mass is 19.2. The number of benzene rings is 3. The summed E-state index contributed by atoms with van der Waals surface area (Å²) in [4.78, 5) is 0. The van der Waals surface area contributed by atoms with E-state index in [0.29, 0.717) is 34.9 Å². The van der Waals surface area contributed by atoms with Gasteiger partial charge in [-0.25, -0.2) is 13.2 Å². The molecule has 5 rings (SSSR count). The van der Waals surface area contributed by atoms with Gasteiger partial charge in [0.25, 0.3) is 0 Å². The second-order valence-corrected chi connectivity index (χ2v) is 11.8. The monoisotopic (exact) mass is 554 g/mol. The summed E-state index contributed by atoms with van der Waals surface area (Å²) in [5, 5.41) is 0. The van der Waals surface area contributed by atoms with Crippen LogP contribution >= 0.6 is 0 Å². The van der Waals surface area contributed by atoms with Gasteiger partial charge in [0.2, 0.25) is 0 Å². The number of halogens is 3. The molecule has 41 heavy (non-hydrogen) atoms. The minimum atomic E-state index is -0.832. The zero-order valence-corrected chi connectivity index (χ0v) is 24.1. The quantitative estimate of drug-likeness (QED) is 0.231. The molecule has 2 aliphatic carbocycles. The van der Waals surface area contributed by atoms with Gasteiger partial charge in [-0.3, -0.25) is 0 Å². The minimum absolute atomic E-state index is 0.209. The van der Waals surface area contributed by atoms with Crippen molar-refractivity contribution in [3.63, 3.8) is 0 Å². The number of rotatable bonds is 9. The standard InChI is InChI=1S/C38H41F3/c1-3-5-6-7-8-32-21-24-35(38(41)37(32)40)31-19-15-29(16-20-31)33-22-23-34(36(39)25-33)30-17-13-28(14-18-30)27-11-9-26(4-2)10-12-27/h4,6-7,15-17,19-28H,2-3,5,8-14,18H2,1H3/b7-6-. The van der Waals surface area contributed by atoms with Crippen LogP contribution in [-0.2, 0) is 6.42 Å². The van der Waals surface area contributed by atoms with E-state index < -0.39 is 11.6 Å². The van der Waals surface area contributed by atoms with E-state index >= 15 is 4.39 Å². The molecule has 0 aliphatic heterocycles. The molecule has 0 radical (unpaired) electrons. The van der Waals surface area contributed by atoms with Crippen molar-refractivity contribution in [2.45, 2.75) is 71.1 Å². The zero-order chi connectivity index (χ0) is 28.8. The largest absolute Gasteiger partial charge is 0.206 e. The highest BCUT2D eigenvalue weighted by molar-refractivity contribution is 5.74. The molecule has 214 valence electrons. The SMILES string of the molecule is C=CC1CCC(C2CC=C(c3ccc(-c4ccc(-c5ccc(C/C=C\CCC)c(F)c5F)cc4)cc3F)CC2)CC1. The van der Waals surface area contributed by atoms with Crippen LogP contribution in [0.25, 0.3) is 27.8 Å². The third-order valence-corrected chi connectivity index (χ3v) is 9.23. The molecule has 2 aliphatic rings. The van der Waals surface area contributed by atoms with Crippen LogP contribution in [0.2, 0.25) is 0 Å². The summed E-state index contributed by atoms with van der Waals surface area (Å²) in [5.41, 5.74) is 4.59. The van der Waals surface area contributed by atoms with E-state index in [1.165, 1.54) is 25.7 Å². The van der Waals surface area contributed by atoms with Crippen LogP contribution in [0, 0.1) is 35.2 Å². The first-order chi connectivity index (χ1) is 20.0. The first-order valence-electron chi connectivity index (χ1n) is 15.3. The van der Waals surface area contributed by atoms with Crippen molar-refractivity contribution >= 4 is 5.57 Å². The van der Waals surface area contributed by atoms with E-state index in [-0.39, 0.29) is 11.4 Å². The first-order valence-corrected chi connectivity index (χ1v) is 15.3. The van der Waals surface area contributed by atoms with Gasteiger partial charge in [0, 0.05) is 11.1 Å². The van der Waals surface area contributed by atoms with Crippen molar-refractivity contribution in [2.24, 2.45) is 17.8 Å². The molecule has 0 heterocycles. The molecule has 0 spiro atoms. The van der Waals surface area contributed by atoms with Crippen LogP contribution in [0.3, 0.4) is 0 Å². The Morgan fingerprint density at radius 2 is 1.46 bits per heavy atom. The molecule has 1 fully saturated rings. The van der Waals surface area contributed by atoms with E-state index in [4.69, 9.17) is 0 Å². The summed E-state index contributed by atoms with van der Waals surface area (Å²) in [5.74, 6) is 0.343. The van der Waals surface area contributed by atoms with Crippen molar-refractivity contribution in [3.8, 4) is 22.3 Å². The molecule has 0 saturated heterocycles. The fourth-order valence-electron chi connectivity index (χ4n) is 6.64. The van der Waals surface area contributed by atoms with Gasteiger partial charge in [-0.15, -0.1) is 6.58 Å². The number of hydrogen-bond donors (Lipinski definition) is 0. The Kier molecular flexibility index (Phi) is 9.64. The van der Waals surface area contributed by atoms with Gasteiger partial charge in [-0.2, -0.15) is 0 Å². The summed E-state index contributed by atoms with van der Waals surface area (Å²) in [6.07, 6.45) is 18.8. The summed E-state index contributed by atoms with van der Waals surface area (Å²) in [7, 11) is 0. The maximum atomic E-state index is 15.3. The summed E-state index contributed by atoms with van der Waals surface area (Å²) in [6.45, 7) is 6.04. The third-order valence-electron chi connectivity index (χ3n) is 9.23. The van der Waals surface area contributed by atoms with Gasteiger partial charge < -0.3 is 0 Å². The van der Waals surface area contributed by atoms with Gasteiger partial charge in [0.1, 0.15) is 5.82 Å². The molecule has 0 N–H and O–H groups in total. The number of hydrogen-bond acceptors (Lipinski definition) is 0. The average molecular weight is 555 g/mol. The van der Waals surface area contributed by atoms with Crippen molar-refractivity contribution in [2.75, 3.05) is 0 Å². The van der Waals surface area contributed by atoms with E-state index in [2.05, 4.69) is 25.7 Å². The third kappa shape index (κ3) is 6.77. The summed E-state index contributed by atoms with van der Waals surface area (Å²) < 4.78 is 45.0. The van der Waals surface area contributed by atoms with Crippen LogP contribution in [0.1, 0.15) is 75.8 Å². The predicted molar refractivity (Wildman–Crippen MR) is 166 cm³/mol. The Balaban J connectivity index is 1.25. The highest BCUT2D eigenvalue weighted by Gasteiger charge is 2.28. The fraction of sp³-hybridized carbons (Fsp3) is 0.368. The van der Waals surface area contributed by atoms with Crippen LogP contribution < -0.4 is 0 Å². The van der Waals surface area contributed by atoms with Gasteiger partial charge in [-0.05, 0) is 109 Å². The normalized spacial score (nSPS) is 21.2. The smallest absolute Gasteiger partial charge is 0.166 e. The molecule has 0 nitrogen and oxygen atoms in total. The lowest BCUT2D eigenvalue weighted by atomic mass is 9.71. The Labute approximate surface area is 243 Å². The number of allylic oxidation sites excluding steroid dienone is 5. The zero-order valence-electron chi connectivity index (χ0n) is 24.1. The lowest BCUT2D eigenvalue weighted by Crippen LogP contribution is -2.22. The molecule has 1 unspecified atom stereocenters. The average Bonchev–Trinajstić information content (AvgIpc) is 3.01. The van der Waals surface area contributed by atoms with E-state index in [0.717, 1.165) is 54.7 Å². The van der Waals surface area contributed by atoms with Crippen LogP contribution in [0.4, 0.5) is 13.2 Å². The molecule has 1 atom stereocenters. The summed E-state index contributed by atoms with van der Waals surface area (Å²) in [6, 6.07) is 16.0. The van der Waals surface area contributed by atoms with Gasteiger partial charge >= 0.3 is 0 Å². The molecule has 0 amide bonds. The molecule has 3 heteroatoms. The topological polar surface area (TPSA) is 0 Å². The van der Waals surface area contributed by atoms with Crippen LogP contribution in [0.5, 0.6) is 0 Å². The Morgan fingerprint density at radius 3 is 2.12 bits per heavy atom. The lowest BCUT2D eigenvalue weighted by molar-refractivity contribution is 0.212. The van der Waals surface area contributed by atoms with Crippen LogP contribution in [0.15, 0.2) is 85.5 Å². The van der Waals surface area contributed by atoms with Crippen molar-refractivity contribution < 1.29 is 13.2 Å². The summed E-state index contributed by atoms with van der Waals surface area (Å²) >= 11 is 0. The predicted octanol–water partition coefficient (Wildman–Crippen LogP) is 11.5. The van der Waals surface area contributed by atoms with E-state index in [9.17, 15) is 8.78 Å². The molecule has 0 bridgehead atoms. The Hall–Kier alpha value is -3.33. The van der Waals surface area contributed by atoms with Gasteiger partial charge in [0.05, 0.1) is 0 Å². The molecule has 3 aromatic rings. The van der Waals surface area contributed by atoms with Gasteiger partial charge in [-0.1, -0.05) is 86.2 Å². The molecule has 1 saturated carbocycles. The minimum Gasteiger partial charge on any atom is -0.206 e. The van der Waals surface area contributed by atoms with Crippen molar-refractivity contribution in [1.82, 2.24) is 0 Å². The second-order valence-electron chi connectivity index (χ2n) is 11.8. The fourth-order valence-corrected chi connectivity index (χ4v) is 6.64. The Morgan fingerprint density at radius 1 is 0.756 bits per heavy atom. The Bertz CT molecular complexity index is 1400. The maximum absolute atomic E-state index is 15.3. The molecule has 0 aromatic heterocycles. The van der Waals surface area contributed by atoms with Crippen molar-refractivity contribution in [3.05, 3.63) is 114 Å². The lowest BCUT2D eigenvalue weighted by Gasteiger charge is -2.34. The van der Waals surface area contributed by atoms with Crippen LogP contribution in [-0.4, -0.2) is 0 Å². The maximum Gasteiger partial charge on any atom is 0.166 e. The highest BCUT2D eigenvalue weighted by Crippen LogP contribution is 2.42. The molecular weight excluding hydrogens is 513 g/mol. The van der Waals surface area contributed by atoms with E-state index in [1.807, 2.05) is 36.4 Å². The number of unbranched alkanes of at least 4 members (excludes halogenated alkanes) is 1.